The Kier molecular flexibility index (Phi) is 6.53. The van der Waals surface area contributed by atoms with Gasteiger partial charge in [0.2, 0.25) is 5.91 Å². The Bertz CT molecular complexity index is 406. The lowest BCUT2D eigenvalue weighted by molar-refractivity contribution is -0.119. The number of likely N-dealkylation sites (N-methyl/N-ethyl adjacent to an activating group) is 2. The van der Waals surface area contributed by atoms with Crippen LogP contribution in [0.2, 0.25) is 0 Å². The lowest BCUT2D eigenvalue weighted by Crippen LogP contribution is -2.39. The molecule has 2 N–H and O–H groups in total. The first-order valence-corrected chi connectivity index (χ1v) is 6.84. The summed E-state index contributed by atoms with van der Waals surface area (Å²) in [6, 6.07) is 7.99. The maximum Gasteiger partial charge on any atom is 0.241 e. The Labute approximate surface area is 116 Å². The van der Waals surface area contributed by atoms with Crippen LogP contribution in [-0.2, 0) is 4.79 Å². The summed E-state index contributed by atoms with van der Waals surface area (Å²) in [7, 11) is 1.96. The van der Waals surface area contributed by atoms with Crippen molar-refractivity contribution in [1.29, 1.82) is 0 Å². The van der Waals surface area contributed by atoms with Gasteiger partial charge in [-0.1, -0.05) is 18.2 Å². The van der Waals surface area contributed by atoms with E-state index in [9.17, 15) is 4.79 Å². The second kappa shape index (κ2) is 7.92. The van der Waals surface area contributed by atoms with E-state index in [1.165, 1.54) is 0 Å². The van der Waals surface area contributed by atoms with Crippen LogP contribution in [0.25, 0.3) is 0 Å². The molecular weight excluding hydrogens is 238 g/mol. The molecule has 1 amide bonds. The summed E-state index contributed by atoms with van der Waals surface area (Å²) in [6.07, 6.45) is 0.917. The molecule has 0 saturated heterocycles. The fourth-order valence-corrected chi connectivity index (χ4v) is 2.10. The van der Waals surface area contributed by atoms with Gasteiger partial charge in [0.1, 0.15) is 0 Å². The van der Waals surface area contributed by atoms with E-state index in [0.717, 1.165) is 24.2 Å². The number of para-hydroxylation sites is 1. The van der Waals surface area contributed by atoms with Crippen molar-refractivity contribution in [2.75, 3.05) is 38.1 Å². The number of hydrogen-bond acceptors (Lipinski definition) is 3. The third-order valence-electron chi connectivity index (χ3n) is 3.17. The molecule has 0 unspecified atom stereocenters. The van der Waals surface area contributed by atoms with E-state index >= 15 is 0 Å². The molecule has 0 fully saturated rings. The van der Waals surface area contributed by atoms with Crippen molar-refractivity contribution in [1.82, 2.24) is 4.90 Å². The van der Waals surface area contributed by atoms with E-state index < -0.39 is 0 Å². The number of benzene rings is 1. The second-order valence-corrected chi connectivity index (χ2v) is 4.80. The molecule has 4 heteroatoms. The molecule has 1 rings (SSSR count). The van der Waals surface area contributed by atoms with E-state index in [1.54, 1.807) is 0 Å². The topological polar surface area (TPSA) is 49.6 Å². The molecule has 0 radical (unpaired) electrons. The van der Waals surface area contributed by atoms with Gasteiger partial charge in [0.25, 0.3) is 0 Å². The van der Waals surface area contributed by atoms with Crippen LogP contribution < -0.4 is 10.6 Å². The fourth-order valence-electron chi connectivity index (χ4n) is 2.10. The van der Waals surface area contributed by atoms with Crippen LogP contribution in [0.1, 0.15) is 18.9 Å². The average molecular weight is 263 g/mol. The third kappa shape index (κ3) is 4.65. The summed E-state index contributed by atoms with van der Waals surface area (Å²) < 4.78 is 0. The highest BCUT2D eigenvalue weighted by Gasteiger charge is 2.16. The lowest BCUT2D eigenvalue weighted by atomic mass is 10.2. The van der Waals surface area contributed by atoms with Gasteiger partial charge in [0.15, 0.2) is 0 Å². The molecule has 0 aliphatic rings. The van der Waals surface area contributed by atoms with Gasteiger partial charge in [-0.3, -0.25) is 9.69 Å². The zero-order chi connectivity index (χ0) is 14.3. The normalized spacial score (nSPS) is 10.8. The molecule has 0 aliphatic heterocycles. The van der Waals surface area contributed by atoms with Crippen molar-refractivity contribution in [2.24, 2.45) is 5.73 Å². The minimum absolute atomic E-state index is 0.135. The average Bonchev–Trinajstić information content (AvgIpc) is 2.39. The maximum atomic E-state index is 12.4. The molecule has 0 bridgehead atoms. The number of nitrogens with zero attached hydrogens (tertiary/aromatic N) is 2. The molecule has 0 heterocycles. The van der Waals surface area contributed by atoms with E-state index in [0.29, 0.717) is 19.6 Å². The van der Waals surface area contributed by atoms with Gasteiger partial charge in [-0.15, -0.1) is 0 Å². The number of nitrogens with two attached hydrogens (primary N) is 1. The van der Waals surface area contributed by atoms with Crippen LogP contribution >= 0.6 is 0 Å². The number of amides is 1. The molecule has 0 atom stereocenters. The Morgan fingerprint density at radius 2 is 2.00 bits per heavy atom. The molecule has 1 aromatic rings. The first kappa shape index (κ1) is 15.7. The van der Waals surface area contributed by atoms with Crippen molar-refractivity contribution < 1.29 is 4.79 Å². The molecule has 0 spiro atoms. The van der Waals surface area contributed by atoms with Crippen molar-refractivity contribution >= 4 is 11.6 Å². The van der Waals surface area contributed by atoms with E-state index in [1.807, 2.05) is 55.0 Å². The van der Waals surface area contributed by atoms with Gasteiger partial charge in [0.05, 0.1) is 6.54 Å². The Balaban J connectivity index is 2.70. The minimum atomic E-state index is 0.135. The molecule has 19 heavy (non-hydrogen) atoms. The molecular formula is C15H25N3O. The number of aryl methyl sites for hydroxylation is 1. The highest BCUT2D eigenvalue weighted by molar-refractivity contribution is 5.95. The van der Waals surface area contributed by atoms with Crippen LogP contribution in [0.5, 0.6) is 0 Å². The number of carbonyl (C=O) groups excluding carboxylic acids is 1. The predicted octanol–water partition coefficient (Wildman–Crippen LogP) is 1.63. The standard InChI is InChI=1S/C15H25N3O/c1-4-18(14-9-6-5-8-13(14)2)15(19)12-17(3)11-7-10-16/h5-6,8-9H,4,7,10-12,16H2,1-3H3. The van der Waals surface area contributed by atoms with Gasteiger partial charge in [-0.2, -0.15) is 0 Å². The van der Waals surface area contributed by atoms with Gasteiger partial charge in [-0.25, -0.2) is 0 Å². The zero-order valence-electron chi connectivity index (χ0n) is 12.2. The van der Waals surface area contributed by atoms with E-state index in [2.05, 4.69) is 0 Å². The van der Waals surface area contributed by atoms with Crippen LogP contribution in [0.4, 0.5) is 5.69 Å². The van der Waals surface area contributed by atoms with E-state index in [4.69, 9.17) is 5.73 Å². The maximum absolute atomic E-state index is 12.4. The SMILES string of the molecule is CCN(C(=O)CN(C)CCCN)c1ccccc1C. The lowest BCUT2D eigenvalue weighted by Gasteiger charge is -2.25. The van der Waals surface area contributed by atoms with Crippen LogP contribution in [0.15, 0.2) is 24.3 Å². The highest BCUT2D eigenvalue weighted by Crippen LogP contribution is 2.19. The van der Waals surface area contributed by atoms with Crippen LogP contribution in [0.3, 0.4) is 0 Å². The first-order chi connectivity index (χ1) is 9.10. The fraction of sp³-hybridized carbons (Fsp3) is 0.533. The number of rotatable bonds is 7. The summed E-state index contributed by atoms with van der Waals surface area (Å²) in [6.45, 7) is 6.67. The molecule has 106 valence electrons. The molecule has 0 aliphatic carbocycles. The molecule has 4 nitrogen and oxygen atoms in total. The van der Waals surface area contributed by atoms with Gasteiger partial charge < -0.3 is 10.6 Å². The zero-order valence-corrected chi connectivity index (χ0v) is 12.2. The van der Waals surface area contributed by atoms with Crippen molar-refractivity contribution in [2.45, 2.75) is 20.3 Å². The minimum Gasteiger partial charge on any atom is -0.330 e. The Hall–Kier alpha value is -1.39. The summed E-state index contributed by atoms with van der Waals surface area (Å²) in [4.78, 5) is 16.2. The van der Waals surface area contributed by atoms with Crippen LogP contribution in [-0.4, -0.2) is 44.0 Å². The number of carbonyl (C=O) groups is 1. The summed E-state index contributed by atoms with van der Waals surface area (Å²) in [5, 5.41) is 0. The first-order valence-electron chi connectivity index (χ1n) is 6.84. The second-order valence-electron chi connectivity index (χ2n) is 4.80. The van der Waals surface area contributed by atoms with Crippen molar-refractivity contribution in [3.63, 3.8) is 0 Å². The number of anilines is 1. The Morgan fingerprint density at radius 3 is 2.58 bits per heavy atom. The summed E-state index contributed by atoms with van der Waals surface area (Å²) in [5.41, 5.74) is 7.61. The summed E-state index contributed by atoms with van der Waals surface area (Å²) >= 11 is 0. The molecule has 0 saturated carbocycles. The molecule has 0 aromatic heterocycles. The monoisotopic (exact) mass is 263 g/mol. The molecule has 1 aromatic carbocycles. The van der Waals surface area contributed by atoms with Crippen molar-refractivity contribution in [3.8, 4) is 0 Å². The van der Waals surface area contributed by atoms with Gasteiger partial charge in [0, 0.05) is 12.2 Å². The smallest absolute Gasteiger partial charge is 0.241 e. The predicted molar refractivity (Wildman–Crippen MR) is 80.4 cm³/mol. The van der Waals surface area contributed by atoms with Gasteiger partial charge in [-0.05, 0) is 52.0 Å². The van der Waals surface area contributed by atoms with E-state index in [-0.39, 0.29) is 5.91 Å². The van der Waals surface area contributed by atoms with Crippen LogP contribution in [0, 0.1) is 6.92 Å². The van der Waals surface area contributed by atoms with Gasteiger partial charge >= 0.3 is 0 Å². The highest BCUT2D eigenvalue weighted by atomic mass is 16.2. The van der Waals surface area contributed by atoms with Crippen molar-refractivity contribution in [3.05, 3.63) is 29.8 Å². The summed E-state index contributed by atoms with van der Waals surface area (Å²) in [5.74, 6) is 0.135. The number of hydrogen-bond donors (Lipinski definition) is 1. The Morgan fingerprint density at radius 1 is 1.32 bits per heavy atom. The third-order valence-corrected chi connectivity index (χ3v) is 3.17. The largest absolute Gasteiger partial charge is 0.330 e. The quantitative estimate of drug-likeness (QED) is 0.813.